The highest BCUT2D eigenvalue weighted by molar-refractivity contribution is 5.94. The summed E-state index contributed by atoms with van der Waals surface area (Å²) in [6, 6.07) is 18.5. The van der Waals surface area contributed by atoms with Crippen molar-refractivity contribution in [2.24, 2.45) is 0 Å². The molecule has 2 aromatic carbocycles. The van der Waals surface area contributed by atoms with Crippen LogP contribution in [0.25, 0.3) is 0 Å². The quantitative estimate of drug-likeness (QED) is 0.662. The average molecular weight is 367 g/mol. The summed E-state index contributed by atoms with van der Waals surface area (Å²) < 4.78 is 5.55. The Morgan fingerprint density at radius 1 is 1.19 bits per heavy atom. The van der Waals surface area contributed by atoms with E-state index in [1.807, 2.05) is 18.2 Å². The van der Waals surface area contributed by atoms with Crippen LogP contribution in [0.4, 0.5) is 0 Å². The molecule has 0 aromatic heterocycles. The van der Waals surface area contributed by atoms with Crippen LogP contribution in [0.5, 0.6) is 0 Å². The van der Waals surface area contributed by atoms with Crippen molar-refractivity contribution in [3.8, 4) is 0 Å². The van der Waals surface area contributed by atoms with Crippen LogP contribution in [0.15, 0.2) is 54.6 Å². The Kier molecular flexibility index (Phi) is 7.43. The maximum absolute atomic E-state index is 12.3. The van der Waals surface area contributed by atoms with E-state index in [0.717, 1.165) is 44.5 Å². The van der Waals surface area contributed by atoms with Crippen molar-refractivity contribution in [1.82, 2.24) is 10.6 Å². The van der Waals surface area contributed by atoms with Gasteiger partial charge in [-0.05, 0) is 55.0 Å². The van der Waals surface area contributed by atoms with Crippen molar-refractivity contribution < 1.29 is 9.53 Å². The number of benzene rings is 2. The number of ether oxygens (including phenoxy) is 1. The molecule has 0 saturated carbocycles. The maximum Gasteiger partial charge on any atom is 0.251 e. The Morgan fingerprint density at radius 2 is 2.04 bits per heavy atom. The minimum absolute atomic E-state index is 0.0231. The van der Waals surface area contributed by atoms with Gasteiger partial charge in [-0.25, -0.2) is 0 Å². The van der Waals surface area contributed by atoms with E-state index in [1.54, 1.807) is 0 Å². The smallest absolute Gasteiger partial charge is 0.251 e. The van der Waals surface area contributed by atoms with Crippen molar-refractivity contribution in [3.05, 3.63) is 71.3 Å². The van der Waals surface area contributed by atoms with Crippen LogP contribution in [0.2, 0.25) is 0 Å². The van der Waals surface area contributed by atoms with Crippen molar-refractivity contribution >= 4 is 5.91 Å². The van der Waals surface area contributed by atoms with Gasteiger partial charge in [0.15, 0.2) is 0 Å². The van der Waals surface area contributed by atoms with Crippen molar-refractivity contribution in [2.75, 3.05) is 19.7 Å². The van der Waals surface area contributed by atoms with Crippen molar-refractivity contribution in [2.45, 2.75) is 44.8 Å². The Bertz CT molecular complexity index is 711. The van der Waals surface area contributed by atoms with E-state index < -0.39 is 0 Å². The fraction of sp³-hybridized carbons (Fsp3) is 0.435. The molecule has 1 fully saturated rings. The van der Waals surface area contributed by atoms with Crippen LogP contribution >= 0.6 is 0 Å². The first kappa shape index (κ1) is 19.6. The highest BCUT2D eigenvalue weighted by Crippen LogP contribution is 2.17. The fourth-order valence-electron chi connectivity index (χ4n) is 3.44. The summed E-state index contributed by atoms with van der Waals surface area (Å²) in [6.07, 6.45) is 3.38. The molecule has 1 amide bonds. The van der Waals surface area contributed by atoms with Gasteiger partial charge in [-0.1, -0.05) is 49.4 Å². The monoisotopic (exact) mass is 366 g/mol. The summed E-state index contributed by atoms with van der Waals surface area (Å²) in [7, 11) is 0. The standard InChI is InChI=1S/C23H30N2O2/c1-18(20-8-3-2-4-9-20)12-13-24-16-19-7-5-10-21(15-19)23(26)25-17-22-11-6-14-27-22/h2-5,7-10,15,18,22,24H,6,11-14,16-17H2,1H3,(H,25,26). The largest absolute Gasteiger partial charge is 0.376 e. The molecule has 1 heterocycles. The van der Waals surface area contributed by atoms with E-state index in [-0.39, 0.29) is 12.0 Å². The molecule has 2 aromatic rings. The lowest BCUT2D eigenvalue weighted by Gasteiger charge is -2.13. The number of carbonyl (C=O) groups excluding carboxylic acids is 1. The van der Waals surface area contributed by atoms with Crippen LogP contribution in [0, 0.1) is 0 Å². The van der Waals surface area contributed by atoms with Gasteiger partial charge >= 0.3 is 0 Å². The minimum Gasteiger partial charge on any atom is -0.376 e. The van der Waals surface area contributed by atoms with Gasteiger partial charge in [0.05, 0.1) is 6.10 Å². The van der Waals surface area contributed by atoms with E-state index in [0.29, 0.717) is 18.0 Å². The van der Waals surface area contributed by atoms with Gasteiger partial charge in [-0.3, -0.25) is 4.79 Å². The zero-order valence-electron chi connectivity index (χ0n) is 16.1. The lowest BCUT2D eigenvalue weighted by molar-refractivity contribution is 0.0857. The second kappa shape index (κ2) is 10.2. The highest BCUT2D eigenvalue weighted by atomic mass is 16.5. The third-order valence-electron chi connectivity index (χ3n) is 5.16. The number of hydrogen-bond acceptors (Lipinski definition) is 3. The van der Waals surface area contributed by atoms with E-state index in [1.165, 1.54) is 5.56 Å². The molecule has 1 aliphatic heterocycles. The zero-order valence-corrected chi connectivity index (χ0v) is 16.1. The Balaban J connectivity index is 1.41. The van der Waals surface area contributed by atoms with Gasteiger partial charge in [0.1, 0.15) is 0 Å². The summed E-state index contributed by atoms with van der Waals surface area (Å²) in [5.74, 6) is 0.513. The van der Waals surface area contributed by atoms with Crippen LogP contribution < -0.4 is 10.6 Å². The predicted molar refractivity (Wildman–Crippen MR) is 109 cm³/mol. The summed E-state index contributed by atoms with van der Waals surface area (Å²) in [6.45, 7) is 5.39. The zero-order chi connectivity index (χ0) is 18.9. The molecule has 0 aliphatic carbocycles. The molecule has 2 atom stereocenters. The number of rotatable bonds is 9. The molecular formula is C23H30N2O2. The molecule has 2 N–H and O–H groups in total. The lowest BCUT2D eigenvalue weighted by Crippen LogP contribution is -2.31. The van der Waals surface area contributed by atoms with Gasteiger partial charge in [0.2, 0.25) is 0 Å². The van der Waals surface area contributed by atoms with Crippen LogP contribution in [-0.4, -0.2) is 31.7 Å². The normalized spacial score (nSPS) is 17.6. The van der Waals surface area contributed by atoms with E-state index in [9.17, 15) is 4.79 Å². The molecule has 1 aliphatic rings. The molecule has 0 bridgehead atoms. The first-order valence-electron chi connectivity index (χ1n) is 9.97. The summed E-state index contributed by atoms with van der Waals surface area (Å²) in [4.78, 5) is 12.3. The molecule has 2 unspecified atom stereocenters. The summed E-state index contributed by atoms with van der Waals surface area (Å²) >= 11 is 0. The van der Waals surface area contributed by atoms with E-state index in [2.05, 4.69) is 54.0 Å². The van der Waals surface area contributed by atoms with E-state index in [4.69, 9.17) is 4.74 Å². The fourth-order valence-corrected chi connectivity index (χ4v) is 3.44. The molecule has 0 radical (unpaired) electrons. The maximum atomic E-state index is 12.3. The number of carbonyl (C=O) groups is 1. The Labute approximate surface area is 162 Å². The molecule has 144 valence electrons. The van der Waals surface area contributed by atoms with Crippen LogP contribution in [0.3, 0.4) is 0 Å². The van der Waals surface area contributed by atoms with Crippen molar-refractivity contribution in [1.29, 1.82) is 0 Å². The SMILES string of the molecule is CC(CCNCc1cccc(C(=O)NCC2CCCO2)c1)c1ccccc1. The van der Waals surface area contributed by atoms with Gasteiger partial charge in [-0.2, -0.15) is 0 Å². The summed E-state index contributed by atoms with van der Waals surface area (Å²) in [5, 5.41) is 6.48. The number of nitrogens with one attached hydrogen (secondary N) is 2. The minimum atomic E-state index is -0.0231. The molecule has 1 saturated heterocycles. The third kappa shape index (κ3) is 6.19. The number of hydrogen-bond donors (Lipinski definition) is 2. The van der Waals surface area contributed by atoms with Gasteiger partial charge in [-0.15, -0.1) is 0 Å². The second-order valence-electron chi connectivity index (χ2n) is 7.32. The molecule has 27 heavy (non-hydrogen) atoms. The van der Waals surface area contributed by atoms with Crippen LogP contribution in [-0.2, 0) is 11.3 Å². The molecule has 4 nitrogen and oxygen atoms in total. The molecule has 3 rings (SSSR count). The molecule has 0 spiro atoms. The first-order chi connectivity index (χ1) is 13.2. The molecular weight excluding hydrogens is 336 g/mol. The second-order valence-corrected chi connectivity index (χ2v) is 7.32. The topological polar surface area (TPSA) is 50.4 Å². The predicted octanol–water partition coefficient (Wildman–Crippen LogP) is 3.88. The third-order valence-corrected chi connectivity index (χ3v) is 5.16. The number of amides is 1. The Hall–Kier alpha value is -2.17. The Morgan fingerprint density at radius 3 is 2.81 bits per heavy atom. The average Bonchev–Trinajstić information content (AvgIpc) is 3.24. The van der Waals surface area contributed by atoms with Crippen LogP contribution in [0.1, 0.15) is 53.6 Å². The van der Waals surface area contributed by atoms with Gasteiger partial charge in [0.25, 0.3) is 5.91 Å². The van der Waals surface area contributed by atoms with Gasteiger partial charge < -0.3 is 15.4 Å². The first-order valence-corrected chi connectivity index (χ1v) is 9.97. The van der Waals surface area contributed by atoms with E-state index >= 15 is 0 Å². The summed E-state index contributed by atoms with van der Waals surface area (Å²) in [5.41, 5.74) is 3.22. The molecule has 4 heteroatoms. The lowest BCUT2D eigenvalue weighted by atomic mass is 9.98. The highest BCUT2D eigenvalue weighted by Gasteiger charge is 2.16. The van der Waals surface area contributed by atoms with Crippen molar-refractivity contribution in [3.63, 3.8) is 0 Å². The van der Waals surface area contributed by atoms with Gasteiger partial charge in [0, 0.05) is 25.3 Å².